The lowest BCUT2D eigenvalue weighted by Crippen LogP contribution is -2.06. The van der Waals surface area contributed by atoms with E-state index in [1.807, 2.05) is 6.92 Å². The molecule has 5 nitrogen and oxygen atoms in total. The third-order valence-corrected chi connectivity index (χ3v) is 1.57. The van der Waals surface area contributed by atoms with Gasteiger partial charge in [0.15, 0.2) is 0 Å². The average Bonchev–Trinajstić information content (AvgIpc) is 2.56. The average molecular weight is 170 g/mol. The predicted molar refractivity (Wildman–Crippen MR) is 43.5 cm³/mol. The van der Waals surface area contributed by atoms with Crippen LogP contribution in [0.4, 0.5) is 0 Å². The molecule has 0 amide bonds. The van der Waals surface area contributed by atoms with E-state index in [1.54, 1.807) is 0 Å². The van der Waals surface area contributed by atoms with Crippen LogP contribution in [0.2, 0.25) is 0 Å². The Morgan fingerprint density at radius 3 is 2.83 bits per heavy atom. The minimum absolute atomic E-state index is 0.00116. The molecular formula is C7H14N4O. The first kappa shape index (κ1) is 9.12. The Hall–Kier alpha value is -0.970. The Morgan fingerprint density at radius 1 is 1.50 bits per heavy atom. The highest BCUT2D eigenvalue weighted by atomic mass is 16.5. The van der Waals surface area contributed by atoms with E-state index < -0.39 is 0 Å². The molecule has 0 radical (unpaired) electrons. The Bertz CT molecular complexity index is 193. The van der Waals surface area contributed by atoms with Crippen LogP contribution in [0.15, 0.2) is 0 Å². The zero-order valence-corrected chi connectivity index (χ0v) is 7.45. The van der Waals surface area contributed by atoms with Crippen molar-refractivity contribution >= 4 is 0 Å². The maximum Gasteiger partial charge on any atom is 0.203 e. The number of H-pyrrole nitrogens is 1. The lowest BCUT2D eigenvalue weighted by Gasteiger charge is -2.10. The Kier molecular flexibility index (Phi) is 3.66. The highest BCUT2D eigenvalue weighted by Crippen LogP contribution is 2.17. The summed E-state index contributed by atoms with van der Waals surface area (Å²) in [5.74, 6) is 0.652. The molecule has 12 heavy (non-hydrogen) atoms. The van der Waals surface area contributed by atoms with Gasteiger partial charge in [-0.25, -0.2) is 0 Å². The monoisotopic (exact) mass is 170 g/mol. The van der Waals surface area contributed by atoms with Gasteiger partial charge in [-0.2, -0.15) is 5.21 Å². The molecule has 0 fully saturated rings. The van der Waals surface area contributed by atoms with E-state index in [4.69, 9.17) is 4.74 Å². The SMILES string of the molecule is CCCC(OCC)c1nn[nH]n1. The molecule has 0 saturated carbocycles. The standard InChI is InChI=1S/C7H14N4O/c1-3-5-6(12-4-2)7-8-10-11-9-7/h6H,3-5H2,1-2H3,(H,8,9,10,11). The summed E-state index contributed by atoms with van der Waals surface area (Å²) in [5, 5.41) is 13.7. The molecule has 0 aliphatic rings. The normalized spacial score (nSPS) is 13.2. The molecule has 0 aliphatic carbocycles. The van der Waals surface area contributed by atoms with Gasteiger partial charge in [0.2, 0.25) is 5.82 Å². The number of hydrogen-bond acceptors (Lipinski definition) is 4. The fourth-order valence-electron chi connectivity index (χ4n) is 1.06. The summed E-state index contributed by atoms with van der Waals surface area (Å²) in [7, 11) is 0. The maximum atomic E-state index is 5.44. The number of aromatic amines is 1. The first-order valence-corrected chi connectivity index (χ1v) is 4.23. The molecule has 0 bridgehead atoms. The van der Waals surface area contributed by atoms with E-state index in [9.17, 15) is 0 Å². The van der Waals surface area contributed by atoms with Gasteiger partial charge in [-0.3, -0.25) is 0 Å². The highest BCUT2D eigenvalue weighted by molar-refractivity contribution is 4.83. The Balaban J connectivity index is 2.53. The summed E-state index contributed by atoms with van der Waals surface area (Å²) in [4.78, 5) is 0. The van der Waals surface area contributed by atoms with Crippen LogP contribution >= 0.6 is 0 Å². The van der Waals surface area contributed by atoms with E-state index in [0.29, 0.717) is 12.4 Å². The van der Waals surface area contributed by atoms with Crippen molar-refractivity contribution in [1.29, 1.82) is 0 Å². The zero-order chi connectivity index (χ0) is 8.81. The number of nitrogens with zero attached hydrogens (tertiary/aromatic N) is 3. The van der Waals surface area contributed by atoms with Crippen molar-refractivity contribution < 1.29 is 4.74 Å². The van der Waals surface area contributed by atoms with Gasteiger partial charge in [0.25, 0.3) is 0 Å². The lowest BCUT2D eigenvalue weighted by atomic mass is 10.2. The molecule has 0 aliphatic heterocycles. The van der Waals surface area contributed by atoms with Crippen molar-refractivity contribution in [3.63, 3.8) is 0 Å². The van der Waals surface area contributed by atoms with Crippen LogP contribution in [0.1, 0.15) is 38.6 Å². The predicted octanol–water partition coefficient (Wildman–Crippen LogP) is 1.08. The number of hydrogen-bond donors (Lipinski definition) is 1. The zero-order valence-electron chi connectivity index (χ0n) is 7.45. The molecule has 1 unspecified atom stereocenters. The van der Waals surface area contributed by atoms with Crippen molar-refractivity contribution in [3.05, 3.63) is 5.82 Å². The van der Waals surface area contributed by atoms with Crippen molar-refractivity contribution in [1.82, 2.24) is 20.6 Å². The van der Waals surface area contributed by atoms with Gasteiger partial charge in [-0.15, -0.1) is 10.2 Å². The summed E-state index contributed by atoms with van der Waals surface area (Å²) in [6.07, 6.45) is 1.99. The summed E-state index contributed by atoms with van der Waals surface area (Å²) in [6.45, 7) is 4.74. The summed E-state index contributed by atoms with van der Waals surface area (Å²) < 4.78 is 5.44. The second-order valence-electron chi connectivity index (χ2n) is 2.50. The minimum atomic E-state index is -0.00116. The molecular weight excluding hydrogens is 156 g/mol. The summed E-state index contributed by atoms with van der Waals surface area (Å²) >= 11 is 0. The summed E-state index contributed by atoms with van der Waals surface area (Å²) in [6, 6.07) is 0. The van der Waals surface area contributed by atoms with Crippen LogP contribution in [-0.4, -0.2) is 27.2 Å². The van der Waals surface area contributed by atoms with E-state index in [0.717, 1.165) is 12.8 Å². The number of tetrazole rings is 1. The van der Waals surface area contributed by atoms with Crippen LogP contribution in [-0.2, 0) is 4.74 Å². The fraction of sp³-hybridized carbons (Fsp3) is 0.857. The second-order valence-corrected chi connectivity index (χ2v) is 2.50. The maximum absolute atomic E-state index is 5.44. The minimum Gasteiger partial charge on any atom is -0.370 e. The molecule has 68 valence electrons. The van der Waals surface area contributed by atoms with Gasteiger partial charge < -0.3 is 4.74 Å². The molecule has 1 aromatic heterocycles. The second kappa shape index (κ2) is 4.82. The number of rotatable bonds is 5. The number of nitrogens with one attached hydrogen (secondary N) is 1. The molecule has 1 heterocycles. The third kappa shape index (κ3) is 2.27. The van der Waals surface area contributed by atoms with Crippen molar-refractivity contribution in [2.75, 3.05) is 6.61 Å². The topological polar surface area (TPSA) is 63.7 Å². The number of aromatic nitrogens is 4. The van der Waals surface area contributed by atoms with Gasteiger partial charge in [0.1, 0.15) is 6.10 Å². The molecule has 1 atom stereocenters. The molecule has 1 rings (SSSR count). The third-order valence-electron chi connectivity index (χ3n) is 1.57. The molecule has 0 spiro atoms. The van der Waals surface area contributed by atoms with Crippen molar-refractivity contribution in [3.8, 4) is 0 Å². The van der Waals surface area contributed by atoms with E-state index in [2.05, 4.69) is 27.5 Å². The van der Waals surface area contributed by atoms with Gasteiger partial charge in [0, 0.05) is 6.61 Å². The molecule has 1 N–H and O–H groups in total. The quantitative estimate of drug-likeness (QED) is 0.718. The Labute approximate surface area is 71.5 Å². The molecule has 0 saturated heterocycles. The van der Waals surface area contributed by atoms with Crippen LogP contribution in [0.3, 0.4) is 0 Å². The van der Waals surface area contributed by atoms with E-state index >= 15 is 0 Å². The van der Waals surface area contributed by atoms with Gasteiger partial charge in [-0.1, -0.05) is 18.6 Å². The fourth-order valence-corrected chi connectivity index (χ4v) is 1.06. The summed E-state index contributed by atoms with van der Waals surface area (Å²) in [5.41, 5.74) is 0. The Morgan fingerprint density at radius 2 is 2.33 bits per heavy atom. The van der Waals surface area contributed by atoms with E-state index in [1.165, 1.54) is 0 Å². The van der Waals surface area contributed by atoms with Crippen molar-refractivity contribution in [2.24, 2.45) is 0 Å². The molecule has 1 aromatic rings. The van der Waals surface area contributed by atoms with E-state index in [-0.39, 0.29) is 6.10 Å². The van der Waals surface area contributed by atoms with Crippen LogP contribution in [0, 0.1) is 0 Å². The van der Waals surface area contributed by atoms with Crippen LogP contribution in [0.25, 0.3) is 0 Å². The first-order chi connectivity index (χ1) is 5.88. The van der Waals surface area contributed by atoms with Crippen LogP contribution < -0.4 is 0 Å². The smallest absolute Gasteiger partial charge is 0.203 e. The van der Waals surface area contributed by atoms with Crippen molar-refractivity contribution in [2.45, 2.75) is 32.8 Å². The lowest BCUT2D eigenvalue weighted by molar-refractivity contribution is 0.0494. The van der Waals surface area contributed by atoms with Gasteiger partial charge >= 0.3 is 0 Å². The first-order valence-electron chi connectivity index (χ1n) is 4.23. The van der Waals surface area contributed by atoms with Gasteiger partial charge in [-0.05, 0) is 13.3 Å². The van der Waals surface area contributed by atoms with Gasteiger partial charge in [0.05, 0.1) is 0 Å². The largest absolute Gasteiger partial charge is 0.370 e. The molecule has 0 aromatic carbocycles. The van der Waals surface area contributed by atoms with Crippen LogP contribution in [0.5, 0.6) is 0 Å². The number of ether oxygens (including phenoxy) is 1. The molecule has 5 heteroatoms. The highest BCUT2D eigenvalue weighted by Gasteiger charge is 2.14.